The second kappa shape index (κ2) is 5.84. The first kappa shape index (κ1) is 12.9. The number of rotatable bonds is 3. The van der Waals surface area contributed by atoms with Gasteiger partial charge in [0.05, 0.1) is 40.3 Å². The lowest BCUT2D eigenvalue weighted by atomic mass is 10.2. The Morgan fingerprint density at radius 3 is 2.44 bits per heavy atom. The zero-order valence-corrected chi connectivity index (χ0v) is 10.9. The molecule has 5 heteroatoms. The maximum Gasteiger partial charge on any atom is 0.265 e. The Balaban J connectivity index is 1.90. The van der Waals surface area contributed by atoms with Crippen molar-refractivity contribution in [1.29, 1.82) is 0 Å². The first-order valence-corrected chi connectivity index (χ1v) is 6.20. The largest absolute Gasteiger partial charge is 0.497 e. The molecule has 5 nitrogen and oxygen atoms in total. The normalized spacial score (nSPS) is 17.4. The fourth-order valence-corrected chi connectivity index (χ4v) is 1.95. The third kappa shape index (κ3) is 3.21. The van der Waals surface area contributed by atoms with Gasteiger partial charge in [-0.3, -0.25) is 10.2 Å². The van der Waals surface area contributed by atoms with Crippen LogP contribution in [0.25, 0.3) is 0 Å². The fraction of sp³-hybridized carbons (Fsp3) is 0.462. The van der Waals surface area contributed by atoms with Crippen LogP contribution in [0.5, 0.6) is 5.75 Å². The molecule has 1 aliphatic heterocycles. The van der Waals surface area contributed by atoms with Crippen molar-refractivity contribution in [3.63, 3.8) is 0 Å². The highest BCUT2D eigenvalue weighted by Crippen LogP contribution is 2.11. The SMILES string of the molecule is COc1ccc(C(=O)NN2CC[NH+](C)CC2)cc1. The Morgan fingerprint density at radius 1 is 1.28 bits per heavy atom. The Kier molecular flexibility index (Phi) is 4.17. The molecule has 0 saturated carbocycles. The average Bonchev–Trinajstić information content (AvgIpc) is 2.41. The van der Waals surface area contributed by atoms with Gasteiger partial charge in [-0.2, -0.15) is 0 Å². The van der Waals surface area contributed by atoms with Crippen LogP contribution in [0.2, 0.25) is 0 Å². The van der Waals surface area contributed by atoms with Crippen molar-refractivity contribution >= 4 is 5.91 Å². The zero-order valence-electron chi connectivity index (χ0n) is 10.9. The Morgan fingerprint density at radius 2 is 1.89 bits per heavy atom. The van der Waals surface area contributed by atoms with Gasteiger partial charge in [0, 0.05) is 5.56 Å². The van der Waals surface area contributed by atoms with Crippen LogP contribution >= 0.6 is 0 Å². The number of methoxy groups -OCH3 is 1. The molecule has 1 aliphatic rings. The maximum atomic E-state index is 12.0. The molecule has 1 fully saturated rings. The van der Waals surface area contributed by atoms with Crippen molar-refractivity contribution in [3.05, 3.63) is 29.8 Å². The number of quaternary nitrogens is 1. The molecule has 98 valence electrons. The molecule has 1 saturated heterocycles. The minimum Gasteiger partial charge on any atom is -0.497 e. The number of amides is 1. The second-order valence-corrected chi connectivity index (χ2v) is 4.61. The van der Waals surface area contributed by atoms with Gasteiger partial charge < -0.3 is 9.64 Å². The molecule has 0 unspecified atom stereocenters. The minimum atomic E-state index is -0.0581. The van der Waals surface area contributed by atoms with Crippen LogP contribution in [0.4, 0.5) is 0 Å². The Labute approximate surface area is 107 Å². The van der Waals surface area contributed by atoms with Crippen molar-refractivity contribution in [3.8, 4) is 5.75 Å². The predicted octanol–water partition coefficient (Wildman–Crippen LogP) is -0.830. The quantitative estimate of drug-likeness (QED) is 0.736. The van der Waals surface area contributed by atoms with Crippen molar-refractivity contribution in [1.82, 2.24) is 10.4 Å². The lowest BCUT2D eigenvalue weighted by Gasteiger charge is -2.30. The van der Waals surface area contributed by atoms with Gasteiger partial charge in [-0.1, -0.05) is 0 Å². The van der Waals surface area contributed by atoms with Gasteiger partial charge in [-0.25, -0.2) is 5.01 Å². The molecule has 0 aromatic heterocycles. The molecule has 0 spiro atoms. The summed E-state index contributed by atoms with van der Waals surface area (Å²) in [5.74, 6) is 0.701. The number of likely N-dealkylation sites (N-methyl/N-ethyl adjacent to an activating group) is 1. The second-order valence-electron chi connectivity index (χ2n) is 4.61. The van der Waals surface area contributed by atoms with Gasteiger partial charge in [0.2, 0.25) is 0 Å². The number of carbonyl (C=O) groups is 1. The molecule has 0 bridgehead atoms. The highest BCUT2D eigenvalue weighted by Gasteiger charge is 2.18. The summed E-state index contributed by atoms with van der Waals surface area (Å²) in [7, 11) is 3.78. The molecule has 2 N–H and O–H groups in total. The van der Waals surface area contributed by atoms with E-state index in [1.807, 2.05) is 5.01 Å². The maximum absolute atomic E-state index is 12.0. The van der Waals surface area contributed by atoms with Crippen LogP contribution in [0.3, 0.4) is 0 Å². The first-order valence-electron chi connectivity index (χ1n) is 6.20. The van der Waals surface area contributed by atoms with Crippen LogP contribution in [0.15, 0.2) is 24.3 Å². The van der Waals surface area contributed by atoms with E-state index in [0.717, 1.165) is 31.9 Å². The Bertz CT molecular complexity index is 397. The van der Waals surface area contributed by atoms with Gasteiger partial charge in [-0.15, -0.1) is 0 Å². The average molecular weight is 250 g/mol. The van der Waals surface area contributed by atoms with E-state index in [4.69, 9.17) is 4.74 Å². The summed E-state index contributed by atoms with van der Waals surface area (Å²) in [5.41, 5.74) is 3.59. The number of hydrogen-bond acceptors (Lipinski definition) is 3. The molecular formula is C13H20N3O2+. The molecule has 0 atom stereocenters. The van der Waals surface area contributed by atoms with E-state index in [1.54, 1.807) is 31.4 Å². The number of ether oxygens (including phenoxy) is 1. The lowest BCUT2D eigenvalue weighted by molar-refractivity contribution is -0.884. The monoisotopic (exact) mass is 250 g/mol. The number of hydrogen-bond donors (Lipinski definition) is 2. The molecule has 1 amide bonds. The number of nitrogens with one attached hydrogen (secondary N) is 2. The van der Waals surface area contributed by atoms with E-state index >= 15 is 0 Å². The summed E-state index contributed by atoms with van der Waals surface area (Å²) in [6.07, 6.45) is 0. The molecule has 0 radical (unpaired) electrons. The van der Waals surface area contributed by atoms with Crippen LogP contribution in [0.1, 0.15) is 10.4 Å². The van der Waals surface area contributed by atoms with Crippen LogP contribution in [-0.4, -0.2) is 51.3 Å². The topological polar surface area (TPSA) is 46.0 Å². The number of carbonyl (C=O) groups excluding carboxylic acids is 1. The van der Waals surface area contributed by atoms with Crippen LogP contribution in [0, 0.1) is 0 Å². The van der Waals surface area contributed by atoms with Gasteiger partial charge in [0.15, 0.2) is 0 Å². The van der Waals surface area contributed by atoms with Crippen LogP contribution < -0.4 is 15.1 Å². The summed E-state index contributed by atoms with van der Waals surface area (Å²) >= 11 is 0. The number of piperazine rings is 1. The number of nitrogens with zero attached hydrogens (tertiary/aromatic N) is 1. The van der Waals surface area contributed by atoms with Gasteiger partial charge in [0.25, 0.3) is 5.91 Å². The van der Waals surface area contributed by atoms with E-state index < -0.39 is 0 Å². The van der Waals surface area contributed by atoms with E-state index in [2.05, 4.69) is 12.5 Å². The number of hydrazine groups is 1. The molecular weight excluding hydrogens is 230 g/mol. The highest BCUT2D eigenvalue weighted by molar-refractivity contribution is 5.93. The predicted molar refractivity (Wildman–Crippen MR) is 68.7 cm³/mol. The van der Waals surface area contributed by atoms with Crippen molar-refractivity contribution in [2.24, 2.45) is 0 Å². The third-order valence-electron chi connectivity index (χ3n) is 3.23. The van der Waals surface area contributed by atoms with E-state index in [0.29, 0.717) is 5.56 Å². The lowest BCUT2D eigenvalue weighted by Crippen LogP contribution is -3.12. The summed E-state index contributed by atoms with van der Waals surface area (Å²) in [6, 6.07) is 7.14. The van der Waals surface area contributed by atoms with Crippen molar-refractivity contribution < 1.29 is 14.4 Å². The van der Waals surface area contributed by atoms with Crippen LogP contribution in [-0.2, 0) is 0 Å². The standard InChI is InChI=1S/C13H19N3O2/c1-15-7-9-16(10-8-15)14-13(17)11-3-5-12(18-2)6-4-11/h3-6H,7-10H2,1-2H3,(H,14,17)/p+1. The summed E-state index contributed by atoms with van der Waals surface area (Å²) < 4.78 is 5.07. The first-order chi connectivity index (χ1) is 8.69. The van der Waals surface area contributed by atoms with Crippen molar-refractivity contribution in [2.45, 2.75) is 0 Å². The fourth-order valence-electron chi connectivity index (χ4n) is 1.95. The summed E-state index contributed by atoms with van der Waals surface area (Å²) in [6.45, 7) is 3.91. The smallest absolute Gasteiger partial charge is 0.265 e. The molecule has 18 heavy (non-hydrogen) atoms. The van der Waals surface area contributed by atoms with Gasteiger partial charge >= 0.3 is 0 Å². The Hall–Kier alpha value is -1.59. The summed E-state index contributed by atoms with van der Waals surface area (Å²) in [4.78, 5) is 13.5. The molecule has 1 aromatic rings. The minimum absolute atomic E-state index is 0.0581. The van der Waals surface area contributed by atoms with Gasteiger partial charge in [0.1, 0.15) is 5.75 Å². The van der Waals surface area contributed by atoms with E-state index in [-0.39, 0.29) is 5.91 Å². The molecule has 1 heterocycles. The van der Waals surface area contributed by atoms with E-state index in [9.17, 15) is 4.79 Å². The van der Waals surface area contributed by atoms with Gasteiger partial charge in [-0.05, 0) is 24.3 Å². The molecule has 1 aromatic carbocycles. The van der Waals surface area contributed by atoms with Crippen molar-refractivity contribution in [2.75, 3.05) is 40.3 Å². The zero-order chi connectivity index (χ0) is 13.0. The van der Waals surface area contributed by atoms with E-state index in [1.165, 1.54) is 4.90 Å². The third-order valence-corrected chi connectivity index (χ3v) is 3.23. The molecule has 0 aliphatic carbocycles. The summed E-state index contributed by atoms with van der Waals surface area (Å²) in [5, 5.41) is 1.99. The number of benzene rings is 1. The highest BCUT2D eigenvalue weighted by atomic mass is 16.5. The molecule has 2 rings (SSSR count).